The highest BCUT2D eigenvalue weighted by atomic mass is 35.5. The lowest BCUT2D eigenvalue weighted by atomic mass is 9.65. The number of anilines is 1. The fourth-order valence-electron chi connectivity index (χ4n) is 5.55. The van der Waals surface area contributed by atoms with Gasteiger partial charge in [-0.05, 0) is 53.3 Å². The van der Waals surface area contributed by atoms with Crippen molar-refractivity contribution in [3.05, 3.63) is 41.7 Å². The van der Waals surface area contributed by atoms with Crippen LogP contribution in [0.3, 0.4) is 0 Å². The molecular formula is C22H24ClN3S. The molecule has 27 heavy (non-hydrogen) atoms. The van der Waals surface area contributed by atoms with Crippen LogP contribution in [0, 0.1) is 10.8 Å². The van der Waals surface area contributed by atoms with E-state index in [0.29, 0.717) is 22.2 Å². The molecule has 140 valence electrons. The molecule has 5 heteroatoms. The van der Waals surface area contributed by atoms with Gasteiger partial charge in [-0.15, -0.1) is 11.3 Å². The van der Waals surface area contributed by atoms with E-state index in [1.165, 1.54) is 29.7 Å². The summed E-state index contributed by atoms with van der Waals surface area (Å²) in [6.07, 6.45) is 3.73. The van der Waals surface area contributed by atoms with Gasteiger partial charge in [0.25, 0.3) is 0 Å². The summed E-state index contributed by atoms with van der Waals surface area (Å²) < 4.78 is 0. The second-order valence-electron chi connectivity index (χ2n) is 9.35. The predicted molar refractivity (Wildman–Crippen MR) is 115 cm³/mol. The molecule has 0 spiro atoms. The molecule has 3 aromatic rings. The molecule has 2 unspecified atom stereocenters. The standard InChI is InChI=1S/C22H24ClN3S/c1-21(2)10-15-11-22(3,12-21)13-26(15)18-16-9-17(14-7-5-4-6-8-14)27-19(16)25-20(23)24-18/h4-9,15H,10-13H2,1-3H3. The summed E-state index contributed by atoms with van der Waals surface area (Å²) in [5, 5.41) is 1.49. The molecule has 1 aliphatic carbocycles. The zero-order chi connectivity index (χ0) is 18.8. The van der Waals surface area contributed by atoms with Gasteiger partial charge in [-0.1, -0.05) is 51.1 Å². The molecule has 1 saturated carbocycles. The molecular weight excluding hydrogens is 374 g/mol. The summed E-state index contributed by atoms with van der Waals surface area (Å²) in [7, 11) is 0. The first kappa shape index (κ1) is 17.4. The van der Waals surface area contributed by atoms with Crippen LogP contribution in [0.4, 0.5) is 5.82 Å². The molecule has 1 aliphatic heterocycles. The van der Waals surface area contributed by atoms with Crippen molar-refractivity contribution in [3.63, 3.8) is 0 Å². The molecule has 2 aliphatic rings. The van der Waals surface area contributed by atoms with Crippen molar-refractivity contribution in [1.82, 2.24) is 9.97 Å². The molecule has 3 heterocycles. The number of hydrogen-bond acceptors (Lipinski definition) is 4. The average molecular weight is 398 g/mol. The van der Waals surface area contributed by atoms with Gasteiger partial charge in [0.15, 0.2) is 0 Å². The summed E-state index contributed by atoms with van der Waals surface area (Å²) in [5.41, 5.74) is 1.96. The average Bonchev–Trinajstić information content (AvgIpc) is 3.12. The molecule has 0 radical (unpaired) electrons. The molecule has 3 nitrogen and oxygen atoms in total. The van der Waals surface area contributed by atoms with Gasteiger partial charge >= 0.3 is 0 Å². The van der Waals surface area contributed by atoms with E-state index >= 15 is 0 Å². The minimum atomic E-state index is 0.352. The van der Waals surface area contributed by atoms with E-state index < -0.39 is 0 Å². The van der Waals surface area contributed by atoms with E-state index in [0.717, 1.165) is 22.6 Å². The number of nitrogens with zero attached hydrogens (tertiary/aromatic N) is 3. The second-order valence-corrected chi connectivity index (χ2v) is 10.7. The van der Waals surface area contributed by atoms with E-state index in [4.69, 9.17) is 16.6 Å². The molecule has 2 bridgehead atoms. The highest BCUT2D eigenvalue weighted by molar-refractivity contribution is 7.22. The highest BCUT2D eigenvalue weighted by Gasteiger charge is 2.50. The fraction of sp³-hybridized carbons (Fsp3) is 0.455. The van der Waals surface area contributed by atoms with Crippen LogP contribution in [0.5, 0.6) is 0 Å². The Bertz CT molecular complexity index is 1010. The normalized spacial score (nSPS) is 26.7. The summed E-state index contributed by atoms with van der Waals surface area (Å²) in [6, 6.07) is 13.3. The molecule has 1 saturated heterocycles. The number of rotatable bonds is 2. The first-order chi connectivity index (χ1) is 12.8. The number of fused-ring (bicyclic) bond motifs is 3. The van der Waals surface area contributed by atoms with Crippen LogP contribution in [0.25, 0.3) is 20.7 Å². The maximum Gasteiger partial charge on any atom is 0.225 e. The van der Waals surface area contributed by atoms with Gasteiger partial charge in [0.2, 0.25) is 5.28 Å². The molecule has 1 aromatic carbocycles. The molecule has 2 atom stereocenters. The maximum atomic E-state index is 6.35. The van der Waals surface area contributed by atoms with Crippen LogP contribution in [0.2, 0.25) is 5.28 Å². The number of benzene rings is 1. The van der Waals surface area contributed by atoms with Crippen LogP contribution in [0.1, 0.15) is 40.0 Å². The van der Waals surface area contributed by atoms with Crippen molar-refractivity contribution in [3.8, 4) is 10.4 Å². The Kier molecular flexibility index (Phi) is 3.83. The quantitative estimate of drug-likeness (QED) is 0.467. The van der Waals surface area contributed by atoms with Gasteiger partial charge in [-0.25, -0.2) is 4.98 Å². The van der Waals surface area contributed by atoms with E-state index in [1.54, 1.807) is 11.3 Å². The van der Waals surface area contributed by atoms with Crippen LogP contribution < -0.4 is 4.90 Å². The summed E-state index contributed by atoms with van der Waals surface area (Å²) in [5.74, 6) is 1.02. The van der Waals surface area contributed by atoms with Gasteiger partial charge in [-0.2, -0.15) is 4.98 Å². The number of aromatic nitrogens is 2. The van der Waals surface area contributed by atoms with E-state index in [-0.39, 0.29) is 0 Å². The Morgan fingerprint density at radius 2 is 1.89 bits per heavy atom. The minimum absolute atomic E-state index is 0.352. The van der Waals surface area contributed by atoms with Crippen molar-refractivity contribution < 1.29 is 0 Å². The first-order valence-corrected chi connectivity index (χ1v) is 10.8. The van der Waals surface area contributed by atoms with Gasteiger partial charge < -0.3 is 4.90 Å². The van der Waals surface area contributed by atoms with Crippen molar-refractivity contribution in [2.75, 3.05) is 11.4 Å². The lowest BCUT2D eigenvalue weighted by Gasteiger charge is -2.39. The number of halogens is 1. The van der Waals surface area contributed by atoms with Gasteiger partial charge in [-0.3, -0.25) is 0 Å². The first-order valence-electron chi connectivity index (χ1n) is 9.61. The third kappa shape index (κ3) is 3.03. The molecule has 2 aromatic heterocycles. The topological polar surface area (TPSA) is 29.0 Å². The third-order valence-electron chi connectivity index (χ3n) is 6.09. The molecule has 0 N–H and O–H groups in total. The van der Waals surface area contributed by atoms with E-state index in [2.05, 4.69) is 61.0 Å². The lowest BCUT2D eigenvalue weighted by molar-refractivity contribution is 0.136. The molecule has 0 amide bonds. The Balaban J connectivity index is 1.62. The van der Waals surface area contributed by atoms with E-state index in [9.17, 15) is 0 Å². The monoisotopic (exact) mass is 397 g/mol. The van der Waals surface area contributed by atoms with Gasteiger partial charge in [0.1, 0.15) is 10.6 Å². The minimum Gasteiger partial charge on any atom is -0.352 e. The van der Waals surface area contributed by atoms with Crippen molar-refractivity contribution in [1.29, 1.82) is 0 Å². The molecule has 2 fully saturated rings. The smallest absolute Gasteiger partial charge is 0.225 e. The Labute approximate surface area is 169 Å². The van der Waals surface area contributed by atoms with Gasteiger partial charge in [0.05, 0.1) is 5.39 Å². The van der Waals surface area contributed by atoms with Crippen molar-refractivity contribution in [2.24, 2.45) is 10.8 Å². The van der Waals surface area contributed by atoms with Crippen LogP contribution in [-0.4, -0.2) is 22.6 Å². The number of hydrogen-bond donors (Lipinski definition) is 0. The fourth-order valence-corrected chi connectivity index (χ4v) is 6.80. The zero-order valence-corrected chi connectivity index (χ0v) is 17.6. The predicted octanol–water partition coefficient (Wildman–Crippen LogP) is 6.42. The summed E-state index contributed by atoms with van der Waals surface area (Å²) >= 11 is 8.05. The van der Waals surface area contributed by atoms with E-state index in [1.807, 2.05) is 6.07 Å². The maximum absolute atomic E-state index is 6.35. The Morgan fingerprint density at radius 1 is 1.11 bits per heavy atom. The van der Waals surface area contributed by atoms with Crippen LogP contribution >= 0.6 is 22.9 Å². The van der Waals surface area contributed by atoms with Crippen LogP contribution in [0.15, 0.2) is 36.4 Å². The van der Waals surface area contributed by atoms with Gasteiger partial charge in [0, 0.05) is 17.5 Å². The summed E-state index contributed by atoms with van der Waals surface area (Å²) in [4.78, 5) is 14.0. The van der Waals surface area contributed by atoms with Crippen molar-refractivity contribution >= 4 is 39.0 Å². The lowest BCUT2D eigenvalue weighted by Crippen LogP contribution is -2.35. The number of thiophene rings is 1. The SMILES string of the molecule is CC1(C)CC2CC(C)(CN2c2nc(Cl)nc3sc(-c4ccccc4)cc23)C1. The molecule has 5 rings (SSSR count). The second kappa shape index (κ2) is 5.92. The zero-order valence-electron chi connectivity index (χ0n) is 16.0. The van der Waals surface area contributed by atoms with Crippen molar-refractivity contribution in [2.45, 2.75) is 46.1 Å². The largest absolute Gasteiger partial charge is 0.352 e. The third-order valence-corrected chi connectivity index (χ3v) is 7.34. The summed E-state index contributed by atoms with van der Waals surface area (Å²) in [6.45, 7) is 8.30. The Hall–Kier alpha value is -1.65. The highest BCUT2D eigenvalue weighted by Crippen LogP contribution is 2.54. The van der Waals surface area contributed by atoms with Crippen LogP contribution in [-0.2, 0) is 0 Å². The Morgan fingerprint density at radius 3 is 2.67 bits per heavy atom.